The molecule has 62 valence electrons. The van der Waals surface area contributed by atoms with Crippen LogP contribution in [0.2, 0.25) is 0 Å². The van der Waals surface area contributed by atoms with Gasteiger partial charge >= 0.3 is 0 Å². The standard InChI is InChI=1S/C7H6Cl2F2/c1-6(10)5(8)3-2-4-7(6,9)11/h2-4H,1H3. The van der Waals surface area contributed by atoms with Gasteiger partial charge in [-0.1, -0.05) is 29.3 Å². The van der Waals surface area contributed by atoms with E-state index in [0.29, 0.717) is 0 Å². The lowest BCUT2D eigenvalue weighted by atomic mass is 9.97. The molecule has 0 heterocycles. The molecular formula is C7H6Cl2F2. The van der Waals surface area contributed by atoms with Gasteiger partial charge in [-0.15, -0.1) is 0 Å². The maximum absolute atomic E-state index is 13.3. The Hall–Kier alpha value is -0.0800. The zero-order valence-electron chi connectivity index (χ0n) is 5.74. The molecule has 0 aromatic heterocycles. The highest BCUT2D eigenvalue weighted by atomic mass is 35.5. The molecular weight excluding hydrogens is 193 g/mol. The Balaban J connectivity index is 3.09. The molecule has 0 saturated heterocycles. The van der Waals surface area contributed by atoms with Crippen LogP contribution in [-0.4, -0.2) is 10.8 Å². The van der Waals surface area contributed by atoms with Crippen LogP contribution in [-0.2, 0) is 0 Å². The van der Waals surface area contributed by atoms with E-state index in [-0.39, 0.29) is 5.03 Å². The van der Waals surface area contributed by atoms with Gasteiger partial charge in [0, 0.05) is 0 Å². The molecule has 0 aromatic carbocycles. The summed E-state index contributed by atoms with van der Waals surface area (Å²) in [5.74, 6) is 0. The predicted molar refractivity (Wildman–Crippen MR) is 42.3 cm³/mol. The Morgan fingerprint density at radius 1 is 1.45 bits per heavy atom. The van der Waals surface area contributed by atoms with E-state index in [9.17, 15) is 8.78 Å². The highest BCUT2D eigenvalue weighted by molar-refractivity contribution is 6.33. The lowest BCUT2D eigenvalue weighted by Gasteiger charge is -2.30. The second-order valence-corrected chi connectivity index (χ2v) is 3.46. The summed E-state index contributed by atoms with van der Waals surface area (Å²) in [6, 6.07) is 0. The number of alkyl halides is 3. The van der Waals surface area contributed by atoms with Crippen molar-refractivity contribution >= 4 is 23.2 Å². The molecule has 0 aliphatic heterocycles. The molecule has 1 aliphatic carbocycles. The number of hydrogen-bond acceptors (Lipinski definition) is 0. The van der Waals surface area contributed by atoms with E-state index in [0.717, 1.165) is 13.0 Å². The fourth-order valence-electron chi connectivity index (χ4n) is 0.726. The molecule has 0 aromatic rings. The smallest absolute Gasteiger partial charge is 0.233 e. The van der Waals surface area contributed by atoms with Gasteiger partial charge in [-0.3, -0.25) is 0 Å². The van der Waals surface area contributed by atoms with Crippen LogP contribution in [0.5, 0.6) is 0 Å². The third-order valence-corrected chi connectivity index (χ3v) is 2.58. The molecule has 0 amide bonds. The zero-order chi connectivity index (χ0) is 8.70. The van der Waals surface area contributed by atoms with E-state index >= 15 is 0 Å². The van der Waals surface area contributed by atoms with Gasteiger partial charge in [0.25, 0.3) is 0 Å². The summed E-state index contributed by atoms with van der Waals surface area (Å²) in [5.41, 5.74) is -2.33. The quantitative estimate of drug-likeness (QED) is 0.525. The fraction of sp³-hybridized carbons (Fsp3) is 0.429. The molecule has 0 saturated carbocycles. The highest BCUT2D eigenvalue weighted by Crippen LogP contribution is 2.44. The van der Waals surface area contributed by atoms with Crippen molar-refractivity contribution in [3.63, 3.8) is 0 Å². The van der Waals surface area contributed by atoms with E-state index in [1.807, 2.05) is 0 Å². The lowest BCUT2D eigenvalue weighted by molar-refractivity contribution is 0.108. The topological polar surface area (TPSA) is 0 Å². The van der Waals surface area contributed by atoms with Crippen molar-refractivity contribution in [2.24, 2.45) is 0 Å². The molecule has 4 heteroatoms. The molecule has 1 rings (SSSR count). The molecule has 2 unspecified atom stereocenters. The van der Waals surface area contributed by atoms with Crippen LogP contribution in [0.25, 0.3) is 0 Å². The Morgan fingerprint density at radius 3 is 2.36 bits per heavy atom. The van der Waals surface area contributed by atoms with E-state index in [1.54, 1.807) is 0 Å². The van der Waals surface area contributed by atoms with Gasteiger partial charge in [-0.25, -0.2) is 8.78 Å². The summed E-state index contributed by atoms with van der Waals surface area (Å²) in [6.07, 6.45) is 3.50. The molecule has 0 spiro atoms. The maximum Gasteiger partial charge on any atom is 0.240 e. The van der Waals surface area contributed by atoms with Crippen LogP contribution < -0.4 is 0 Å². The van der Waals surface area contributed by atoms with Crippen molar-refractivity contribution in [2.75, 3.05) is 0 Å². The van der Waals surface area contributed by atoms with Crippen molar-refractivity contribution in [1.82, 2.24) is 0 Å². The molecule has 2 atom stereocenters. The maximum atomic E-state index is 13.3. The minimum atomic E-state index is -2.53. The van der Waals surface area contributed by atoms with Crippen molar-refractivity contribution in [2.45, 2.75) is 17.7 Å². The molecule has 0 nitrogen and oxygen atoms in total. The van der Waals surface area contributed by atoms with Gasteiger partial charge in [0.05, 0.1) is 5.03 Å². The van der Waals surface area contributed by atoms with Crippen LogP contribution in [0.4, 0.5) is 8.78 Å². The Labute approximate surface area is 73.5 Å². The molecule has 0 bridgehead atoms. The minimum absolute atomic E-state index is 0.225. The first-order valence-corrected chi connectivity index (χ1v) is 3.76. The molecule has 0 N–H and O–H groups in total. The normalized spacial score (nSPS) is 43.9. The van der Waals surface area contributed by atoms with Crippen LogP contribution >= 0.6 is 23.2 Å². The first-order chi connectivity index (χ1) is 4.88. The first-order valence-electron chi connectivity index (χ1n) is 3.00. The van der Waals surface area contributed by atoms with E-state index < -0.39 is 10.8 Å². The summed E-state index contributed by atoms with van der Waals surface area (Å²) < 4.78 is 26.4. The van der Waals surface area contributed by atoms with Gasteiger partial charge in [-0.05, 0) is 19.1 Å². The molecule has 11 heavy (non-hydrogen) atoms. The number of allylic oxidation sites excluding steroid dienone is 4. The third-order valence-electron chi connectivity index (χ3n) is 1.62. The zero-order valence-corrected chi connectivity index (χ0v) is 7.26. The predicted octanol–water partition coefficient (Wildman–Crippen LogP) is 3.31. The Morgan fingerprint density at radius 2 is 2.00 bits per heavy atom. The number of halogens is 4. The van der Waals surface area contributed by atoms with Crippen LogP contribution in [0.1, 0.15) is 6.92 Å². The van der Waals surface area contributed by atoms with Crippen molar-refractivity contribution in [3.05, 3.63) is 23.3 Å². The average molecular weight is 199 g/mol. The molecule has 0 fully saturated rings. The Bertz CT molecular complexity index is 229. The van der Waals surface area contributed by atoms with Gasteiger partial charge in [0.15, 0.2) is 5.67 Å². The molecule has 0 radical (unpaired) electrons. The summed E-state index contributed by atoms with van der Waals surface area (Å²) in [4.78, 5) is 0. The summed E-state index contributed by atoms with van der Waals surface area (Å²) in [5, 5.41) is -2.75. The minimum Gasteiger partial charge on any atom is -0.233 e. The largest absolute Gasteiger partial charge is 0.240 e. The van der Waals surface area contributed by atoms with E-state index in [2.05, 4.69) is 0 Å². The molecule has 1 aliphatic rings. The van der Waals surface area contributed by atoms with Crippen LogP contribution in [0, 0.1) is 0 Å². The Kier molecular flexibility index (Phi) is 2.01. The van der Waals surface area contributed by atoms with Gasteiger partial charge < -0.3 is 0 Å². The highest BCUT2D eigenvalue weighted by Gasteiger charge is 2.50. The van der Waals surface area contributed by atoms with Gasteiger partial charge in [-0.2, -0.15) is 0 Å². The lowest BCUT2D eigenvalue weighted by Crippen LogP contribution is -2.40. The first kappa shape index (κ1) is 9.01. The van der Waals surface area contributed by atoms with Crippen molar-refractivity contribution in [1.29, 1.82) is 0 Å². The fourth-order valence-corrected chi connectivity index (χ4v) is 1.16. The van der Waals surface area contributed by atoms with E-state index in [1.165, 1.54) is 12.2 Å². The van der Waals surface area contributed by atoms with Gasteiger partial charge in [0.2, 0.25) is 5.13 Å². The summed E-state index contributed by atoms with van der Waals surface area (Å²) >= 11 is 10.6. The monoisotopic (exact) mass is 198 g/mol. The van der Waals surface area contributed by atoms with Crippen LogP contribution in [0.15, 0.2) is 23.3 Å². The van der Waals surface area contributed by atoms with E-state index in [4.69, 9.17) is 23.2 Å². The van der Waals surface area contributed by atoms with Crippen molar-refractivity contribution in [3.8, 4) is 0 Å². The SMILES string of the molecule is CC1(F)C(Cl)=CC=CC1(F)Cl. The number of hydrogen-bond donors (Lipinski definition) is 0. The third kappa shape index (κ3) is 1.30. The number of rotatable bonds is 0. The second-order valence-electron chi connectivity index (χ2n) is 2.50. The second kappa shape index (κ2) is 2.46. The van der Waals surface area contributed by atoms with Gasteiger partial charge in [0.1, 0.15) is 0 Å². The summed E-state index contributed by atoms with van der Waals surface area (Å²) in [6.45, 7) is 1.00. The average Bonchev–Trinajstić information content (AvgIpc) is 1.84. The summed E-state index contributed by atoms with van der Waals surface area (Å²) in [7, 11) is 0. The van der Waals surface area contributed by atoms with Crippen LogP contribution in [0.3, 0.4) is 0 Å². The van der Waals surface area contributed by atoms with Crippen molar-refractivity contribution < 1.29 is 8.78 Å².